The van der Waals surface area contributed by atoms with E-state index in [-0.39, 0.29) is 5.91 Å². The van der Waals surface area contributed by atoms with E-state index in [1.807, 2.05) is 24.3 Å². The zero-order valence-electron chi connectivity index (χ0n) is 12.3. The van der Waals surface area contributed by atoms with Crippen LogP contribution in [0.2, 0.25) is 0 Å². The summed E-state index contributed by atoms with van der Waals surface area (Å²) in [7, 11) is 1.64. The van der Waals surface area contributed by atoms with Crippen molar-refractivity contribution in [1.29, 1.82) is 0 Å². The molecule has 0 fully saturated rings. The van der Waals surface area contributed by atoms with Crippen LogP contribution >= 0.6 is 0 Å². The van der Waals surface area contributed by atoms with Crippen LogP contribution in [0.5, 0.6) is 0 Å². The third kappa shape index (κ3) is 3.47. The number of hydrogen-bond donors (Lipinski definition) is 1. The summed E-state index contributed by atoms with van der Waals surface area (Å²) in [6.07, 6.45) is 1.11. The predicted molar refractivity (Wildman–Crippen MR) is 83.8 cm³/mol. The highest BCUT2D eigenvalue weighted by Crippen LogP contribution is 2.21. The molecule has 1 amide bonds. The summed E-state index contributed by atoms with van der Waals surface area (Å²) < 4.78 is 0. The van der Waals surface area contributed by atoms with Gasteiger partial charge in [0, 0.05) is 12.6 Å². The van der Waals surface area contributed by atoms with E-state index in [1.54, 1.807) is 7.05 Å². The molecule has 2 aromatic rings. The first-order valence-electron chi connectivity index (χ1n) is 7.01. The maximum absolute atomic E-state index is 11.5. The van der Waals surface area contributed by atoms with Gasteiger partial charge in [-0.05, 0) is 41.2 Å². The Balaban J connectivity index is 2.17. The lowest BCUT2D eigenvalue weighted by molar-refractivity contribution is 0.0963. The van der Waals surface area contributed by atoms with Crippen molar-refractivity contribution in [3.8, 4) is 11.1 Å². The normalized spacial score (nSPS) is 10.6. The molecule has 20 heavy (non-hydrogen) atoms. The lowest BCUT2D eigenvalue weighted by Gasteiger charge is -2.07. The third-order valence-electron chi connectivity index (χ3n) is 3.31. The minimum absolute atomic E-state index is 0.0520. The fourth-order valence-corrected chi connectivity index (χ4v) is 2.26. The predicted octanol–water partition coefficient (Wildman–Crippen LogP) is 3.91. The molecule has 2 aromatic carbocycles. The quantitative estimate of drug-likeness (QED) is 0.894. The molecule has 0 unspecified atom stereocenters. The van der Waals surface area contributed by atoms with Crippen LogP contribution in [-0.2, 0) is 6.42 Å². The van der Waals surface area contributed by atoms with E-state index in [0.717, 1.165) is 12.0 Å². The Morgan fingerprint density at radius 2 is 1.45 bits per heavy atom. The van der Waals surface area contributed by atoms with Gasteiger partial charge >= 0.3 is 0 Å². The van der Waals surface area contributed by atoms with Crippen LogP contribution in [0, 0.1) is 5.92 Å². The molecule has 0 bridgehead atoms. The van der Waals surface area contributed by atoms with Gasteiger partial charge in [-0.2, -0.15) is 0 Å². The molecule has 0 saturated heterocycles. The Hall–Kier alpha value is -2.09. The molecule has 0 radical (unpaired) electrons. The number of benzene rings is 2. The van der Waals surface area contributed by atoms with Crippen molar-refractivity contribution in [3.63, 3.8) is 0 Å². The largest absolute Gasteiger partial charge is 0.355 e. The Morgan fingerprint density at radius 1 is 0.950 bits per heavy atom. The molecular formula is C18H21NO. The van der Waals surface area contributed by atoms with Crippen LogP contribution < -0.4 is 5.32 Å². The monoisotopic (exact) mass is 267 g/mol. The fraction of sp³-hybridized carbons (Fsp3) is 0.278. The summed E-state index contributed by atoms with van der Waals surface area (Å²) in [4.78, 5) is 11.5. The van der Waals surface area contributed by atoms with Gasteiger partial charge in [0.15, 0.2) is 0 Å². The van der Waals surface area contributed by atoms with Gasteiger partial charge < -0.3 is 5.32 Å². The van der Waals surface area contributed by atoms with Crippen molar-refractivity contribution in [2.24, 2.45) is 5.92 Å². The zero-order chi connectivity index (χ0) is 14.5. The molecule has 2 nitrogen and oxygen atoms in total. The molecule has 1 N–H and O–H groups in total. The van der Waals surface area contributed by atoms with Crippen LogP contribution in [0.25, 0.3) is 11.1 Å². The molecule has 0 aliphatic carbocycles. The number of carbonyl (C=O) groups excluding carboxylic acids is 1. The second-order valence-electron chi connectivity index (χ2n) is 5.45. The van der Waals surface area contributed by atoms with E-state index in [4.69, 9.17) is 0 Å². The van der Waals surface area contributed by atoms with E-state index in [2.05, 4.69) is 43.4 Å². The first-order valence-corrected chi connectivity index (χ1v) is 7.01. The fourth-order valence-electron chi connectivity index (χ4n) is 2.26. The number of rotatable bonds is 4. The van der Waals surface area contributed by atoms with Crippen LogP contribution in [0.4, 0.5) is 0 Å². The van der Waals surface area contributed by atoms with Crippen molar-refractivity contribution in [3.05, 3.63) is 59.7 Å². The van der Waals surface area contributed by atoms with Crippen molar-refractivity contribution < 1.29 is 4.79 Å². The van der Waals surface area contributed by atoms with E-state index in [9.17, 15) is 4.79 Å². The molecule has 0 spiro atoms. The van der Waals surface area contributed by atoms with Gasteiger partial charge in [0.1, 0.15) is 0 Å². The highest BCUT2D eigenvalue weighted by atomic mass is 16.1. The maximum Gasteiger partial charge on any atom is 0.251 e. The summed E-state index contributed by atoms with van der Waals surface area (Å²) in [5.74, 6) is 0.622. The molecule has 0 saturated carbocycles. The van der Waals surface area contributed by atoms with Crippen LogP contribution in [0.15, 0.2) is 48.5 Å². The van der Waals surface area contributed by atoms with E-state index in [0.29, 0.717) is 11.5 Å². The number of amides is 1. The topological polar surface area (TPSA) is 29.1 Å². The molecule has 104 valence electrons. The summed E-state index contributed by atoms with van der Waals surface area (Å²) in [5.41, 5.74) is 4.37. The zero-order valence-corrected chi connectivity index (χ0v) is 12.3. The summed E-state index contributed by atoms with van der Waals surface area (Å²) >= 11 is 0. The number of carbonyl (C=O) groups is 1. The van der Waals surface area contributed by atoms with Gasteiger partial charge in [-0.3, -0.25) is 4.79 Å². The van der Waals surface area contributed by atoms with Crippen molar-refractivity contribution in [2.75, 3.05) is 7.05 Å². The molecule has 0 aromatic heterocycles. The first-order chi connectivity index (χ1) is 9.60. The summed E-state index contributed by atoms with van der Waals surface area (Å²) in [6, 6.07) is 16.3. The van der Waals surface area contributed by atoms with Gasteiger partial charge in [-0.15, -0.1) is 0 Å². The molecule has 0 heterocycles. The number of nitrogens with one attached hydrogen (secondary N) is 1. The van der Waals surface area contributed by atoms with Gasteiger partial charge in [0.05, 0.1) is 0 Å². The molecular weight excluding hydrogens is 246 g/mol. The van der Waals surface area contributed by atoms with E-state index < -0.39 is 0 Å². The van der Waals surface area contributed by atoms with Crippen molar-refractivity contribution in [1.82, 2.24) is 5.32 Å². The van der Waals surface area contributed by atoms with Crippen molar-refractivity contribution in [2.45, 2.75) is 20.3 Å². The molecule has 2 heteroatoms. The molecule has 0 aliphatic rings. The van der Waals surface area contributed by atoms with Crippen LogP contribution in [0.3, 0.4) is 0 Å². The molecule has 0 aliphatic heterocycles. The Bertz CT molecular complexity index is 567. The third-order valence-corrected chi connectivity index (χ3v) is 3.31. The van der Waals surface area contributed by atoms with Gasteiger partial charge in [-0.25, -0.2) is 0 Å². The number of hydrogen-bond acceptors (Lipinski definition) is 1. The molecule has 2 rings (SSSR count). The Labute approximate surface area is 120 Å². The Kier molecular flexibility index (Phi) is 4.57. The highest BCUT2D eigenvalue weighted by Gasteiger charge is 2.04. The minimum atomic E-state index is -0.0520. The SMILES string of the molecule is CNC(=O)c1ccc(-c2ccc(CC(C)C)cc2)cc1. The first kappa shape index (κ1) is 14.3. The summed E-state index contributed by atoms with van der Waals surface area (Å²) in [5, 5.41) is 2.63. The maximum atomic E-state index is 11.5. The second-order valence-corrected chi connectivity index (χ2v) is 5.45. The minimum Gasteiger partial charge on any atom is -0.355 e. The van der Waals surface area contributed by atoms with Crippen molar-refractivity contribution >= 4 is 5.91 Å². The van der Waals surface area contributed by atoms with Gasteiger partial charge in [0.25, 0.3) is 5.91 Å². The second kappa shape index (κ2) is 6.38. The van der Waals surface area contributed by atoms with Gasteiger partial charge in [0.2, 0.25) is 0 Å². The average molecular weight is 267 g/mol. The average Bonchev–Trinajstić information content (AvgIpc) is 2.47. The summed E-state index contributed by atoms with van der Waals surface area (Å²) in [6.45, 7) is 4.46. The van der Waals surface area contributed by atoms with E-state index in [1.165, 1.54) is 11.1 Å². The lowest BCUT2D eigenvalue weighted by Crippen LogP contribution is -2.17. The standard InChI is InChI=1S/C18H21NO/c1-13(2)12-14-4-6-15(7-5-14)16-8-10-17(11-9-16)18(20)19-3/h4-11,13H,12H2,1-3H3,(H,19,20). The van der Waals surface area contributed by atoms with Gasteiger partial charge in [-0.1, -0.05) is 50.2 Å². The van der Waals surface area contributed by atoms with E-state index >= 15 is 0 Å². The molecule has 0 atom stereocenters. The smallest absolute Gasteiger partial charge is 0.251 e. The lowest BCUT2D eigenvalue weighted by atomic mass is 9.98. The Morgan fingerprint density at radius 3 is 1.90 bits per heavy atom. The van der Waals surface area contributed by atoms with Crippen LogP contribution in [-0.4, -0.2) is 13.0 Å². The van der Waals surface area contributed by atoms with Crippen LogP contribution in [0.1, 0.15) is 29.8 Å². The highest BCUT2D eigenvalue weighted by molar-refractivity contribution is 5.94.